The molecule has 1 heterocycles. The van der Waals surface area contributed by atoms with E-state index >= 15 is 0 Å². The Morgan fingerprint density at radius 1 is 1.17 bits per heavy atom. The standard InChI is InChI=1S/C26H29Cl2N3O3S/c1-17(2)14-31-22(13-29-26(31)35(33,34)16-19-6-4-5-18(3)11-19)15-30(21-8-9-21)25(32)23-10-7-20(27)12-24(23)28/h4-7,10-13,17,21H,8-9,14-16H2,1-3H3. The molecular weight excluding hydrogens is 505 g/mol. The number of halogens is 2. The summed E-state index contributed by atoms with van der Waals surface area (Å²) < 4.78 is 28.5. The van der Waals surface area contributed by atoms with Crippen LogP contribution in [0.15, 0.2) is 53.8 Å². The smallest absolute Gasteiger partial charge is 0.255 e. The summed E-state index contributed by atoms with van der Waals surface area (Å²) in [7, 11) is -3.70. The molecule has 0 aliphatic heterocycles. The number of benzene rings is 2. The Hall–Kier alpha value is -2.35. The van der Waals surface area contributed by atoms with Gasteiger partial charge in [-0.05, 0) is 49.4 Å². The first-order valence-electron chi connectivity index (χ1n) is 11.6. The van der Waals surface area contributed by atoms with Crippen LogP contribution in [0.1, 0.15) is 53.9 Å². The second-order valence-electron chi connectivity index (χ2n) is 9.57. The molecule has 1 aromatic heterocycles. The van der Waals surface area contributed by atoms with E-state index in [1.54, 1.807) is 33.9 Å². The van der Waals surface area contributed by atoms with Crippen molar-refractivity contribution in [2.75, 3.05) is 0 Å². The molecule has 35 heavy (non-hydrogen) atoms. The van der Waals surface area contributed by atoms with Crippen molar-refractivity contribution >= 4 is 38.9 Å². The molecule has 1 aliphatic rings. The maximum absolute atomic E-state index is 13.4. The first-order valence-corrected chi connectivity index (χ1v) is 14.0. The highest BCUT2D eigenvalue weighted by Gasteiger charge is 2.35. The number of sulfone groups is 1. The van der Waals surface area contributed by atoms with E-state index in [0.717, 1.165) is 24.0 Å². The van der Waals surface area contributed by atoms with Crippen LogP contribution in [0.3, 0.4) is 0 Å². The molecule has 2 aromatic carbocycles. The van der Waals surface area contributed by atoms with Gasteiger partial charge in [0.1, 0.15) is 0 Å². The number of hydrogen-bond acceptors (Lipinski definition) is 4. The molecule has 0 spiro atoms. The van der Waals surface area contributed by atoms with Crippen LogP contribution in [0, 0.1) is 12.8 Å². The van der Waals surface area contributed by atoms with E-state index in [-0.39, 0.29) is 35.3 Å². The number of imidazole rings is 1. The Morgan fingerprint density at radius 2 is 1.91 bits per heavy atom. The van der Waals surface area contributed by atoms with Crippen molar-refractivity contribution in [3.8, 4) is 0 Å². The average molecular weight is 535 g/mol. The minimum absolute atomic E-state index is 0.0374. The number of nitrogens with zero attached hydrogens (tertiary/aromatic N) is 3. The van der Waals surface area contributed by atoms with Gasteiger partial charge in [0.2, 0.25) is 15.0 Å². The van der Waals surface area contributed by atoms with Crippen molar-refractivity contribution in [1.82, 2.24) is 14.5 Å². The molecule has 9 heteroatoms. The van der Waals surface area contributed by atoms with Crippen LogP contribution in [-0.4, -0.2) is 34.8 Å². The first kappa shape index (κ1) is 25.7. The summed E-state index contributed by atoms with van der Waals surface area (Å²) in [5.41, 5.74) is 2.79. The largest absolute Gasteiger partial charge is 0.330 e. The van der Waals surface area contributed by atoms with Gasteiger partial charge in [-0.15, -0.1) is 0 Å². The van der Waals surface area contributed by atoms with Crippen molar-refractivity contribution in [1.29, 1.82) is 0 Å². The summed E-state index contributed by atoms with van der Waals surface area (Å²) in [5, 5.41) is 0.795. The molecule has 4 rings (SSSR count). The van der Waals surface area contributed by atoms with Crippen LogP contribution in [0.4, 0.5) is 0 Å². The van der Waals surface area contributed by atoms with Gasteiger partial charge in [-0.1, -0.05) is 66.9 Å². The molecule has 0 unspecified atom stereocenters. The number of aryl methyl sites for hydroxylation is 1. The Morgan fingerprint density at radius 3 is 2.54 bits per heavy atom. The number of carbonyl (C=O) groups excluding carboxylic acids is 1. The van der Waals surface area contributed by atoms with Gasteiger partial charge in [0.05, 0.1) is 34.8 Å². The Labute approximate surface area is 216 Å². The molecule has 0 bridgehead atoms. The summed E-state index contributed by atoms with van der Waals surface area (Å²) in [6.07, 6.45) is 3.37. The second kappa shape index (κ2) is 10.3. The van der Waals surface area contributed by atoms with Gasteiger partial charge in [0, 0.05) is 17.6 Å². The van der Waals surface area contributed by atoms with Crippen molar-refractivity contribution in [2.24, 2.45) is 5.92 Å². The number of hydrogen-bond donors (Lipinski definition) is 0. The van der Waals surface area contributed by atoms with E-state index in [2.05, 4.69) is 4.98 Å². The van der Waals surface area contributed by atoms with E-state index in [1.165, 1.54) is 0 Å². The van der Waals surface area contributed by atoms with Crippen LogP contribution in [0.5, 0.6) is 0 Å². The fraction of sp³-hybridized carbons (Fsp3) is 0.385. The van der Waals surface area contributed by atoms with E-state index in [9.17, 15) is 13.2 Å². The lowest BCUT2D eigenvalue weighted by atomic mass is 10.2. The molecular formula is C26H29Cl2N3O3S. The Balaban J connectivity index is 1.67. The first-order chi connectivity index (χ1) is 16.5. The fourth-order valence-corrected chi connectivity index (χ4v) is 6.14. The number of amides is 1. The van der Waals surface area contributed by atoms with E-state index < -0.39 is 9.84 Å². The SMILES string of the molecule is Cc1cccc(CS(=O)(=O)c2ncc(CN(C(=O)c3ccc(Cl)cc3Cl)C3CC3)n2CC(C)C)c1. The maximum Gasteiger partial charge on any atom is 0.255 e. The summed E-state index contributed by atoms with van der Waals surface area (Å²) >= 11 is 12.3. The Bertz CT molecular complexity index is 1350. The topological polar surface area (TPSA) is 72.3 Å². The zero-order valence-corrected chi connectivity index (χ0v) is 22.4. The van der Waals surface area contributed by atoms with E-state index in [4.69, 9.17) is 23.2 Å². The predicted octanol–water partition coefficient (Wildman–Crippen LogP) is 5.93. The second-order valence-corrected chi connectivity index (χ2v) is 12.3. The van der Waals surface area contributed by atoms with E-state index in [1.807, 2.05) is 45.0 Å². The fourth-order valence-electron chi connectivity index (χ4n) is 4.16. The van der Waals surface area contributed by atoms with Gasteiger partial charge in [-0.3, -0.25) is 4.79 Å². The van der Waals surface area contributed by atoms with Crippen molar-refractivity contribution in [2.45, 2.75) is 63.7 Å². The highest BCUT2D eigenvalue weighted by molar-refractivity contribution is 7.90. The molecule has 0 N–H and O–H groups in total. The summed E-state index contributed by atoms with van der Waals surface area (Å²) in [4.78, 5) is 19.5. The zero-order valence-electron chi connectivity index (χ0n) is 20.0. The normalized spacial score (nSPS) is 13.9. The molecule has 186 valence electrons. The van der Waals surface area contributed by atoms with Crippen LogP contribution < -0.4 is 0 Å². The zero-order chi connectivity index (χ0) is 25.3. The van der Waals surface area contributed by atoms with Crippen molar-refractivity contribution in [3.63, 3.8) is 0 Å². The minimum Gasteiger partial charge on any atom is -0.330 e. The lowest BCUT2D eigenvalue weighted by Gasteiger charge is -2.24. The van der Waals surface area contributed by atoms with Crippen LogP contribution >= 0.6 is 23.2 Å². The number of carbonyl (C=O) groups is 1. The Kier molecular flexibility index (Phi) is 7.60. The third-order valence-electron chi connectivity index (χ3n) is 5.91. The molecule has 0 saturated heterocycles. The summed E-state index contributed by atoms with van der Waals surface area (Å²) in [6.45, 7) is 6.72. The number of aromatic nitrogens is 2. The summed E-state index contributed by atoms with van der Waals surface area (Å²) in [6, 6.07) is 12.4. The lowest BCUT2D eigenvalue weighted by Crippen LogP contribution is -2.34. The lowest BCUT2D eigenvalue weighted by molar-refractivity contribution is 0.0725. The van der Waals surface area contributed by atoms with Crippen LogP contribution in [0.25, 0.3) is 0 Å². The molecule has 6 nitrogen and oxygen atoms in total. The molecule has 3 aromatic rings. The monoisotopic (exact) mass is 533 g/mol. The quantitative estimate of drug-likeness (QED) is 0.341. The molecule has 1 aliphatic carbocycles. The van der Waals surface area contributed by atoms with Gasteiger partial charge in [0.25, 0.3) is 5.91 Å². The molecule has 1 saturated carbocycles. The molecule has 0 radical (unpaired) electrons. The molecule has 1 fully saturated rings. The molecule has 1 amide bonds. The van der Waals surface area contributed by atoms with Gasteiger partial charge >= 0.3 is 0 Å². The minimum atomic E-state index is -3.70. The number of rotatable bonds is 9. The average Bonchev–Trinajstić information content (AvgIpc) is 3.52. The van der Waals surface area contributed by atoms with Gasteiger partial charge in [0.15, 0.2) is 0 Å². The van der Waals surface area contributed by atoms with Crippen LogP contribution in [-0.2, 0) is 28.7 Å². The maximum atomic E-state index is 13.4. The van der Waals surface area contributed by atoms with Crippen molar-refractivity contribution in [3.05, 3.63) is 81.1 Å². The summed E-state index contributed by atoms with van der Waals surface area (Å²) in [5.74, 6) is -0.142. The van der Waals surface area contributed by atoms with Gasteiger partial charge in [-0.25, -0.2) is 13.4 Å². The molecule has 0 atom stereocenters. The highest BCUT2D eigenvalue weighted by atomic mass is 35.5. The van der Waals surface area contributed by atoms with Crippen molar-refractivity contribution < 1.29 is 13.2 Å². The van der Waals surface area contributed by atoms with Crippen LogP contribution in [0.2, 0.25) is 10.0 Å². The van der Waals surface area contributed by atoms with Gasteiger partial charge in [-0.2, -0.15) is 0 Å². The van der Waals surface area contributed by atoms with E-state index in [0.29, 0.717) is 27.8 Å². The third kappa shape index (κ3) is 6.08. The van der Waals surface area contributed by atoms with Gasteiger partial charge < -0.3 is 9.47 Å². The highest BCUT2D eigenvalue weighted by Crippen LogP contribution is 2.32. The predicted molar refractivity (Wildman–Crippen MR) is 138 cm³/mol. The third-order valence-corrected chi connectivity index (χ3v) is 8.05.